The highest BCUT2D eigenvalue weighted by atomic mass is 16.6. The minimum Gasteiger partial charge on any atom is -0.482 e. The van der Waals surface area contributed by atoms with Crippen molar-refractivity contribution >= 4 is 29.6 Å². The molecule has 1 aromatic carbocycles. The van der Waals surface area contributed by atoms with E-state index in [1.165, 1.54) is 4.90 Å². The van der Waals surface area contributed by atoms with Crippen LogP contribution in [-0.2, 0) is 23.9 Å². The molecule has 134 valence electrons. The molecule has 0 saturated carbocycles. The number of fused-ring (bicyclic) bond motifs is 1. The lowest BCUT2D eigenvalue weighted by Crippen LogP contribution is -2.40. The SMILES string of the molecule is CCOC(=O)NC(=O)COC(=O)CCN1C(=O)COc2ccccc21. The van der Waals surface area contributed by atoms with E-state index in [1.54, 1.807) is 31.2 Å². The first kappa shape index (κ1) is 18.2. The fourth-order valence-corrected chi connectivity index (χ4v) is 2.14. The van der Waals surface area contributed by atoms with E-state index in [1.807, 2.05) is 5.32 Å². The van der Waals surface area contributed by atoms with Crippen LogP contribution in [0.15, 0.2) is 24.3 Å². The summed E-state index contributed by atoms with van der Waals surface area (Å²) in [6, 6.07) is 6.98. The Labute approximate surface area is 143 Å². The van der Waals surface area contributed by atoms with Crippen LogP contribution in [0.2, 0.25) is 0 Å². The highest BCUT2D eigenvalue weighted by Gasteiger charge is 2.25. The van der Waals surface area contributed by atoms with Crippen LogP contribution in [0.1, 0.15) is 13.3 Å². The van der Waals surface area contributed by atoms with E-state index in [0.29, 0.717) is 11.4 Å². The maximum Gasteiger partial charge on any atom is 0.413 e. The number of hydrogen-bond acceptors (Lipinski definition) is 7. The molecule has 25 heavy (non-hydrogen) atoms. The Kier molecular flexibility index (Phi) is 6.33. The number of amides is 3. The van der Waals surface area contributed by atoms with Gasteiger partial charge in [0.15, 0.2) is 13.2 Å². The number of hydrogen-bond donors (Lipinski definition) is 1. The minimum atomic E-state index is -0.904. The highest BCUT2D eigenvalue weighted by molar-refractivity contribution is 5.98. The van der Waals surface area contributed by atoms with Crippen molar-refractivity contribution in [3.8, 4) is 5.75 Å². The van der Waals surface area contributed by atoms with Crippen molar-refractivity contribution < 1.29 is 33.4 Å². The van der Waals surface area contributed by atoms with E-state index < -0.39 is 24.6 Å². The topological polar surface area (TPSA) is 111 Å². The standard InChI is InChI=1S/C16H18N2O7/c1-2-23-16(22)17-13(19)9-25-15(21)7-8-18-11-5-3-4-6-12(11)24-10-14(18)20/h3-6H,2,7-10H2,1H3,(H,17,19,22). The van der Waals surface area contributed by atoms with Gasteiger partial charge in [0.1, 0.15) is 5.75 Å². The molecule has 3 amide bonds. The summed E-state index contributed by atoms with van der Waals surface area (Å²) in [6.07, 6.45) is -1.01. The number of alkyl carbamates (subject to hydrolysis) is 1. The second kappa shape index (κ2) is 8.67. The summed E-state index contributed by atoms with van der Waals surface area (Å²) in [4.78, 5) is 47.5. The van der Waals surface area contributed by atoms with Gasteiger partial charge in [-0.2, -0.15) is 0 Å². The molecule has 0 unspecified atom stereocenters. The van der Waals surface area contributed by atoms with E-state index in [-0.39, 0.29) is 32.1 Å². The van der Waals surface area contributed by atoms with Gasteiger partial charge in [0.2, 0.25) is 0 Å². The minimum absolute atomic E-state index is 0.0948. The van der Waals surface area contributed by atoms with Crippen LogP contribution >= 0.6 is 0 Å². The zero-order chi connectivity index (χ0) is 18.2. The molecule has 0 saturated heterocycles. The van der Waals surface area contributed by atoms with Crippen LogP contribution in [-0.4, -0.2) is 50.2 Å². The van der Waals surface area contributed by atoms with E-state index in [0.717, 1.165) is 0 Å². The van der Waals surface area contributed by atoms with Crippen molar-refractivity contribution in [2.75, 3.05) is 31.3 Å². The summed E-state index contributed by atoms with van der Waals surface area (Å²) < 4.78 is 14.6. The molecule has 9 heteroatoms. The lowest BCUT2D eigenvalue weighted by Gasteiger charge is -2.28. The van der Waals surface area contributed by atoms with Gasteiger partial charge in [0.05, 0.1) is 18.7 Å². The van der Waals surface area contributed by atoms with Crippen molar-refractivity contribution in [3.05, 3.63) is 24.3 Å². The van der Waals surface area contributed by atoms with Crippen LogP contribution in [0.25, 0.3) is 0 Å². The first-order valence-electron chi connectivity index (χ1n) is 7.65. The predicted molar refractivity (Wildman–Crippen MR) is 85.0 cm³/mol. The molecule has 0 fully saturated rings. The molecular weight excluding hydrogens is 332 g/mol. The second-order valence-electron chi connectivity index (χ2n) is 4.98. The van der Waals surface area contributed by atoms with Gasteiger partial charge in [-0.1, -0.05) is 12.1 Å². The fourth-order valence-electron chi connectivity index (χ4n) is 2.14. The summed E-state index contributed by atoms with van der Waals surface area (Å²) >= 11 is 0. The van der Waals surface area contributed by atoms with E-state index in [4.69, 9.17) is 9.47 Å². The summed E-state index contributed by atoms with van der Waals surface area (Å²) in [6.45, 7) is 1.10. The van der Waals surface area contributed by atoms with Crippen molar-refractivity contribution in [2.45, 2.75) is 13.3 Å². The third-order valence-corrected chi connectivity index (χ3v) is 3.23. The molecule has 0 bridgehead atoms. The number of rotatable bonds is 6. The molecule has 0 atom stereocenters. The molecule has 1 heterocycles. The van der Waals surface area contributed by atoms with Crippen LogP contribution in [0, 0.1) is 0 Å². The molecule has 9 nitrogen and oxygen atoms in total. The van der Waals surface area contributed by atoms with Gasteiger partial charge in [-0.25, -0.2) is 4.79 Å². The molecule has 2 rings (SSSR count). The summed E-state index contributed by atoms with van der Waals surface area (Å²) in [5.74, 6) is -1.17. The predicted octanol–water partition coefficient (Wildman–Crippen LogP) is 0.618. The first-order valence-corrected chi connectivity index (χ1v) is 7.65. The number of esters is 1. The van der Waals surface area contributed by atoms with Gasteiger partial charge in [0.25, 0.3) is 11.8 Å². The Morgan fingerprint density at radius 2 is 2.00 bits per heavy atom. The van der Waals surface area contributed by atoms with Gasteiger partial charge < -0.3 is 19.1 Å². The number of anilines is 1. The maximum atomic E-state index is 12.0. The normalized spacial score (nSPS) is 12.7. The monoisotopic (exact) mass is 350 g/mol. The third kappa shape index (κ3) is 5.20. The van der Waals surface area contributed by atoms with Crippen molar-refractivity contribution in [1.82, 2.24) is 5.32 Å². The Bertz CT molecular complexity index is 674. The lowest BCUT2D eigenvalue weighted by molar-refractivity contribution is -0.148. The van der Waals surface area contributed by atoms with Gasteiger partial charge >= 0.3 is 12.1 Å². The van der Waals surface area contributed by atoms with Crippen LogP contribution in [0.5, 0.6) is 5.75 Å². The molecule has 1 aromatic rings. The quantitative estimate of drug-likeness (QED) is 0.749. The number of para-hydroxylation sites is 2. The van der Waals surface area contributed by atoms with Gasteiger partial charge in [-0.05, 0) is 19.1 Å². The molecule has 0 aliphatic carbocycles. The van der Waals surface area contributed by atoms with E-state index in [9.17, 15) is 19.2 Å². The number of imide groups is 1. The summed E-state index contributed by atoms with van der Waals surface area (Å²) in [5, 5.41) is 1.90. The smallest absolute Gasteiger partial charge is 0.413 e. The number of nitrogens with one attached hydrogen (secondary N) is 1. The average molecular weight is 350 g/mol. The summed E-state index contributed by atoms with van der Waals surface area (Å²) in [7, 11) is 0. The van der Waals surface area contributed by atoms with Crippen LogP contribution in [0.4, 0.5) is 10.5 Å². The zero-order valence-corrected chi connectivity index (χ0v) is 13.6. The molecule has 0 radical (unpaired) electrons. The number of ether oxygens (including phenoxy) is 3. The van der Waals surface area contributed by atoms with Gasteiger partial charge in [0, 0.05) is 6.54 Å². The summed E-state index contributed by atoms with van der Waals surface area (Å²) in [5.41, 5.74) is 0.576. The Balaban J connectivity index is 1.79. The largest absolute Gasteiger partial charge is 0.482 e. The highest BCUT2D eigenvalue weighted by Crippen LogP contribution is 2.31. The Hall–Kier alpha value is -3.10. The van der Waals surface area contributed by atoms with Crippen LogP contribution < -0.4 is 15.0 Å². The molecule has 0 aromatic heterocycles. The molecule has 1 aliphatic heterocycles. The van der Waals surface area contributed by atoms with Gasteiger partial charge in [-0.15, -0.1) is 0 Å². The van der Waals surface area contributed by atoms with Crippen molar-refractivity contribution in [1.29, 1.82) is 0 Å². The van der Waals surface area contributed by atoms with E-state index in [2.05, 4.69) is 4.74 Å². The molecular formula is C16H18N2O7. The number of benzene rings is 1. The molecule has 1 aliphatic rings. The van der Waals surface area contributed by atoms with Crippen molar-refractivity contribution in [3.63, 3.8) is 0 Å². The number of carbonyl (C=O) groups is 4. The zero-order valence-electron chi connectivity index (χ0n) is 13.6. The Morgan fingerprint density at radius 3 is 2.76 bits per heavy atom. The average Bonchev–Trinajstić information content (AvgIpc) is 2.59. The fraction of sp³-hybridized carbons (Fsp3) is 0.375. The maximum absolute atomic E-state index is 12.0. The second-order valence-corrected chi connectivity index (χ2v) is 4.98. The number of nitrogens with zero attached hydrogens (tertiary/aromatic N) is 1. The molecule has 1 N–H and O–H groups in total. The Morgan fingerprint density at radius 1 is 1.24 bits per heavy atom. The molecule has 0 spiro atoms. The van der Waals surface area contributed by atoms with Gasteiger partial charge in [-0.3, -0.25) is 19.7 Å². The van der Waals surface area contributed by atoms with E-state index >= 15 is 0 Å². The lowest BCUT2D eigenvalue weighted by atomic mass is 10.2. The first-order chi connectivity index (χ1) is 12.0. The van der Waals surface area contributed by atoms with Crippen molar-refractivity contribution in [2.24, 2.45) is 0 Å². The van der Waals surface area contributed by atoms with Crippen LogP contribution in [0.3, 0.4) is 0 Å². The third-order valence-electron chi connectivity index (χ3n) is 3.23. The number of carbonyl (C=O) groups excluding carboxylic acids is 4.